The molecule has 29 heavy (non-hydrogen) atoms. The third-order valence-electron chi connectivity index (χ3n) is 4.59. The Morgan fingerprint density at radius 3 is 2.14 bits per heavy atom. The number of nitrogens with one attached hydrogen (secondary N) is 1. The fraction of sp³-hybridized carbons (Fsp3) is 0.190. The zero-order valence-electron chi connectivity index (χ0n) is 16.0. The summed E-state index contributed by atoms with van der Waals surface area (Å²) in [6, 6.07) is 9.97. The van der Waals surface area contributed by atoms with Gasteiger partial charge >= 0.3 is 5.97 Å². The van der Waals surface area contributed by atoms with Crippen LogP contribution in [-0.4, -0.2) is 44.1 Å². The summed E-state index contributed by atoms with van der Waals surface area (Å²) in [6.07, 6.45) is 0. The lowest BCUT2D eigenvalue weighted by Gasteiger charge is -2.15. The number of ether oxygens (including phenoxy) is 3. The minimum absolute atomic E-state index is 0.0898. The lowest BCUT2D eigenvalue weighted by molar-refractivity contribution is -0.133. The minimum Gasteiger partial charge on any atom is -0.507 e. The van der Waals surface area contributed by atoms with Gasteiger partial charge < -0.3 is 24.6 Å². The average molecular weight is 397 g/mol. The molecule has 1 aliphatic rings. The van der Waals surface area contributed by atoms with Crippen LogP contribution in [0.25, 0.3) is 5.76 Å². The van der Waals surface area contributed by atoms with Gasteiger partial charge in [-0.3, -0.25) is 9.59 Å². The number of benzene rings is 2. The van der Waals surface area contributed by atoms with E-state index >= 15 is 0 Å². The Morgan fingerprint density at radius 2 is 1.55 bits per heavy atom. The molecule has 8 heteroatoms. The molecular formula is C21H19NO7. The highest BCUT2D eigenvalue weighted by Gasteiger charge is 2.39. The molecule has 2 aromatic rings. The van der Waals surface area contributed by atoms with Crippen molar-refractivity contribution in [2.75, 3.05) is 21.3 Å². The Hall–Kier alpha value is -3.81. The van der Waals surface area contributed by atoms with Crippen molar-refractivity contribution in [1.29, 1.82) is 0 Å². The number of carbonyl (C=O) groups is 3. The number of Topliss-reactive ketones (excluding diaryl/α,β-unsaturated/α-hetero) is 1. The van der Waals surface area contributed by atoms with Crippen molar-refractivity contribution >= 4 is 23.4 Å². The topological polar surface area (TPSA) is 111 Å². The van der Waals surface area contributed by atoms with Crippen LogP contribution in [0.15, 0.2) is 48.0 Å². The van der Waals surface area contributed by atoms with E-state index in [1.165, 1.54) is 39.5 Å². The van der Waals surface area contributed by atoms with Gasteiger partial charge in [0.15, 0.2) is 11.5 Å². The first-order chi connectivity index (χ1) is 13.9. The van der Waals surface area contributed by atoms with Crippen LogP contribution in [0.5, 0.6) is 11.5 Å². The molecule has 1 heterocycles. The molecule has 0 bridgehead atoms. The first-order valence-corrected chi connectivity index (χ1v) is 8.60. The molecule has 1 amide bonds. The smallest absolute Gasteiger partial charge is 0.337 e. The van der Waals surface area contributed by atoms with Crippen LogP contribution < -0.4 is 14.8 Å². The van der Waals surface area contributed by atoms with Gasteiger partial charge in [0.2, 0.25) is 0 Å². The number of amides is 1. The zero-order chi connectivity index (χ0) is 21.1. The summed E-state index contributed by atoms with van der Waals surface area (Å²) in [6.45, 7) is 0. The Bertz CT molecular complexity index is 1010. The molecular weight excluding hydrogens is 378 g/mol. The van der Waals surface area contributed by atoms with Gasteiger partial charge in [-0.2, -0.15) is 0 Å². The molecule has 1 fully saturated rings. The fourth-order valence-electron chi connectivity index (χ4n) is 3.09. The van der Waals surface area contributed by atoms with Crippen molar-refractivity contribution in [2.45, 2.75) is 6.04 Å². The van der Waals surface area contributed by atoms with E-state index in [1.807, 2.05) is 0 Å². The lowest BCUT2D eigenvalue weighted by atomic mass is 9.95. The molecule has 1 saturated heterocycles. The number of ketones is 1. The molecule has 8 nitrogen and oxygen atoms in total. The molecule has 3 rings (SSSR count). The summed E-state index contributed by atoms with van der Waals surface area (Å²) >= 11 is 0. The molecule has 0 saturated carbocycles. The van der Waals surface area contributed by atoms with E-state index < -0.39 is 23.7 Å². The number of carbonyl (C=O) groups excluding carboxylic acids is 3. The van der Waals surface area contributed by atoms with E-state index in [1.54, 1.807) is 24.3 Å². The summed E-state index contributed by atoms with van der Waals surface area (Å²) in [5.74, 6) is -1.70. The Balaban J connectivity index is 2.06. The molecule has 1 unspecified atom stereocenters. The molecule has 1 aliphatic heterocycles. The van der Waals surface area contributed by atoms with Crippen molar-refractivity contribution in [3.63, 3.8) is 0 Å². The van der Waals surface area contributed by atoms with Gasteiger partial charge in [0.1, 0.15) is 5.76 Å². The van der Waals surface area contributed by atoms with Gasteiger partial charge in [-0.05, 0) is 35.9 Å². The van der Waals surface area contributed by atoms with Gasteiger partial charge in [0.25, 0.3) is 11.7 Å². The maximum Gasteiger partial charge on any atom is 0.337 e. The van der Waals surface area contributed by atoms with Crippen molar-refractivity contribution in [2.24, 2.45) is 0 Å². The van der Waals surface area contributed by atoms with Crippen molar-refractivity contribution < 1.29 is 33.7 Å². The molecule has 0 aromatic heterocycles. The maximum atomic E-state index is 12.4. The summed E-state index contributed by atoms with van der Waals surface area (Å²) in [4.78, 5) is 36.1. The molecule has 0 radical (unpaired) electrons. The van der Waals surface area contributed by atoms with Gasteiger partial charge in [-0.1, -0.05) is 12.1 Å². The van der Waals surface area contributed by atoms with E-state index in [0.29, 0.717) is 28.2 Å². The number of aliphatic hydroxyl groups is 1. The highest BCUT2D eigenvalue weighted by Crippen LogP contribution is 2.36. The van der Waals surface area contributed by atoms with Gasteiger partial charge in [-0.15, -0.1) is 0 Å². The fourth-order valence-corrected chi connectivity index (χ4v) is 3.09. The molecule has 0 spiro atoms. The Kier molecular flexibility index (Phi) is 5.54. The van der Waals surface area contributed by atoms with Crippen molar-refractivity contribution in [3.8, 4) is 11.5 Å². The lowest BCUT2D eigenvalue weighted by Crippen LogP contribution is -2.21. The van der Waals surface area contributed by atoms with Crippen molar-refractivity contribution in [1.82, 2.24) is 5.32 Å². The Morgan fingerprint density at radius 1 is 0.931 bits per heavy atom. The van der Waals surface area contributed by atoms with E-state index in [-0.39, 0.29) is 11.3 Å². The average Bonchev–Trinajstić information content (AvgIpc) is 3.06. The van der Waals surface area contributed by atoms with Crippen LogP contribution in [-0.2, 0) is 14.3 Å². The molecule has 150 valence electrons. The summed E-state index contributed by atoms with van der Waals surface area (Å²) in [7, 11) is 4.20. The number of hydrogen-bond donors (Lipinski definition) is 2. The zero-order valence-corrected chi connectivity index (χ0v) is 16.0. The third-order valence-corrected chi connectivity index (χ3v) is 4.59. The molecule has 2 aromatic carbocycles. The SMILES string of the molecule is COC(=O)c1ccc(C2NC(=O)C(=O)/C2=C(/O)c2ccc(OC)c(OC)c2)cc1. The summed E-state index contributed by atoms with van der Waals surface area (Å²) in [5.41, 5.74) is 1.05. The molecule has 1 atom stereocenters. The Labute approximate surface area is 166 Å². The second-order valence-electron chi connectivity index (χ2n) is 6.18. The highest BCUT2D eigenvalue weighted by molar-refractivity contribution is 6.46. The summed E-state index contributed by atoms with van der Waals surface area (Å²) in [5, 5.41) is 13.4. The number of esters is 1. The first-order valence-electron chi connectivity index (χ1n) is 8.60. The van der Waals surface area contributed by atoms with Crippen molar-refractivity contribution in [3.05, 3.63) is 64.7 Å². The van der Waals surface area contributed by atoms with Crippen LogP contribution in [0, 0.1) is 0 Å². The standard InChI is InChI=1S/C21H19NO7/c1-27-14-9-8-13(10-15(14)28-2)18(23)16-17(22-20(25)19(16)24)11-4-6-12(7-5-11)21(26)29-3/h4-10,17,23H,1-3H3,(H,22,25)/b18-16+. The molecule has 0 aliphatic carbocycles. The largest absolute Gasteiger partial charge is 0.507 e. The molecule has 2 N–H and O–H groups in total. The van der Waals surface area contributed by atoms with Crippen LogP contribution in [0.4, 0.5) is 0 Å². The van der Waals surface area contributed by atoms with Gasteiger partial charge in [-0.25, -0.2) is 4.79 Å². The predicted molar refractivity (Wildman–Crippen MR) is 103 cm³/mol. The van der Waals surface area contributed by atoms with Crippen LogP contribution in [0.1, 0.15) is 27.5 Å². The quantitative estimate of drug-likeness (QED) is 0.344. The van der Waals surface area contributed by atoms with Gasteiger partial charge in [0.05, 0.1) is 38.5 Å². The van der Waals surface area contributed by atoms with Crippen LogP contribution in [0.2, 0.25) is 0 Å². The second-order valence-corrected chi connectivity index (χ2v) is 6.18. The van der Waals surface area contributed by atoms with E-state index in [9.17, 15) is 19.5 Å². The van der Waals surface area contributed by atoms with E-state index in [0.717, 1.165) is 0 Å². The van der Waals surface area contributed by atoms with Crippen LogP contribution >= 0.6 is 0 Å². The highest BCUT2D eigenvalue weighted by atomic mass is 16.5. The second kappa shape index (κ2) is 8.05. The monoisotopic (exact) mass is 397 g/mol. The minimum atomic E-state index is -0.866. The number of rotatable bonds is 5. The van der Waals surface area contributed by atoms with Crippen LogP contribution in [0.3, 0.4) is 0 Å². The number of aliphatic hydroxyl groups excluding tert-OH is 1. The predicted octanol–water partition coefficient (Wildman–Crippen LogP) is 2.20. The normalized spacial score (nSPS) is 17.6. The van der Waals surface area contributed by atoms with Gasteiger partial charge in [0, 0.05) is 5.56 Å². The number of methoxy groups -OCH3 is 3. The van der Waals surface area contributed by atoms with E-state index in [4.69, 9.17) is 9.47 Å². The summed E-state index contributed by atoms with van der Waals surface area (Å²) < 4.78 is 15.1. The van der Waals surface area contributed by atoms with E-state index in [2.05, 4.69) is 10.1 Å². The maximum absolute atomic E-state index is 12.4. The number of hydrogen-bond acceptors (Lipinski definition) is 7. The third kappa shape index (κ3) is 3.64. The first kappa shape index (κ1) is 19.9.